The summed E-state index contributed by atoms with van der Waals surface area (Å²) in [7, 11) is 0. The molecule has 0 spiro atoms. The Labute approximate surface area is 119 Å². The molecule has 0 aliphatic carbocycles. The first-order valence-corrected chi connectivity index (χ1v) is 6.44. The van der Waals surface area contributed by atoms with Crippen molar-refractivity contribution in [2.75, 3.05) is 19.8 Å². The van der Waals surface area contributed by atoms with Gasteiger partial charge in [-0.05, 0) is 0 Å². The third kappa shape index (κ3) is 3.19. The van der Waals surface area contributed by atoms with Gasteiger partial charge in [0.2, 0.25) is 5.79 Å². The van der Waals surface area contributed by atoms with Crippen LogP contribution in [0.3, 0.4) is 0 Å². The Balaban J connectivity index is 1.89. The van der Waals surface area contributed by atoms with Crippen molar-refractivity contribution in [3.63, 3.8) is 0 Å². The van der Waals surface area contributed by atoms with Crippen molar-refractivity contribution in [2.24, 2.45) is 0 Å². The molecule has 2 rings (SSSR count). The second-order valence-corrected chi connectivity index (χ2v) is 5.18. The molecule has 0 saturated carbocycles. The summed E-state index contributed by atoms with van der Waals surface area (Å²) in [5.41, 5.74) is 0. The molecule has 1 unspecified atom stereocenters. The molecule has 2 saturated heterocycles. The van der Waals surface area contributed by atoms with Crippen LogP contribution in [0.25, 0.3) is 0 Å². The fourth-order valence-electron chi connectivity index (χ4n) is 2.25. The molecule has 0 aromatic heterocycles. The fraction of sp³-hybridized carbons (Fsp3) is 1.00. The number of ether oxygens (including phenoxy) is 3. The average Bonchev–Trinajstić information content (AvgIpc) is 2.69. The smallest absolute Gasteiger partial charge is 0.219 e. The molecule has 10 heteroatoms. The zero-order valence-electron chi connectivity index (χ0n) is 11.0. The Bertz CT molecular complexity index is 354. The predicted octanol–water partition coefficient (Wildman–Crippen LogP) is -4.76. The molecular weight excluding hydrogens is 292 g/mol. The summed E-state index contributed by atoms with van der Waals surface area (Å²) in [6.45, 7) is -1.56. The molecular formula is C11H20O10. The van der Waals surface area contributed by atoms with Gasteiger partial charge in [-0.1, -0.05) is 0 Å². The van der Waals surface area contributed by atoms with Crippen LogP contribution in [0.1, 0.15) is 0 Å². The van der Waals surface area contributed by atoms with Crippen molar-refractivity contribution in [3.8, 4) is 0 Å². The monoisotopic (exact) mass is 312 g/mol. The molecule has 7 N–H and O–H groups in total. The van der Waals surface area contributed by atoms with Crippen LogP contribution in [-0.2, 0) is 14.2 Å². The van der Waals surface area contributed by atoms with Gasteiger partial charge in [-0.15, -0.1) is 0 Å². The zero-order chi connectivity index (χ0) is 15.8. The van der Waals surface area contributed by atoms with Gasteiger partial charge in [0.15, 0.2) is 6.29 Å². The number of aliphatic hydroxyl groups is 7. The number of aliphatic hydroxyl groups excluding tert-OH is 6. The largest absolute Gasteiger partial charge is 0.391 e. The molecule has 124 valence electrons. The highest BCUT2D eigenvalue weighted by Crippen LogP contribution is 2.29. The predicted molar refractivity (Wildman–Crippen MR) is 62.6 cm³/mol. The van der Waals surface area contributed by atoms with Crippen molar-refractivity contribution >= 4 is 0 Å². The minimum atomic E-state index is -2.30. The fourth-order valence-corrected chi connectivity index (χ4v) is 2.25. The summed E-state index contributed by atoms with van der Waals surface area (Å²) in [6, 6.07) is 0. The minimum Gasteiger partial charge on any atom is -0.391 e. The van der Waals surface area contributed by atoms with Crippen LogP contribution in [-0.4, -0.2) is 104 Å². The number of hydrogen-bond acceptors (Lipinski definition) is 10. The lowest BCUT2D eigenvalue weighted by atomic mass is 10.1. The molecule has 10 nitrogen and oxygen atoms in total. The highest BCUT2D eigenvalue weighted by molar-refractivity contribution is 4.95. The molecule has 2 aliphatic heterocycles. The normalized spacial score (nSPS) is 51.3. The lowest BCUT2D eigenvalue weighted by Crippen LogP contribution is -2.54. The Morgan fingerprint density at radius 3 is 2.29 bits per heavy atom. The van der Waals surface area contributed by atoms with Crippen molar-refractivity contribution in [3.05, 3.63) is 0 Å². The molecule has 0 aromatic carbocycles. The molecule has 0 aromatic rings. The second kappa shape index (κ2) is 6.38. The molecule has 0 bridgehead atoms. The van der Waals surface area contributed by atoms with Gasteiger partial charge >= 0.3 is 0 Å². The van der Waals surface area contributed by atoms with Gasteiger partial charge in [-0.3, -0.25) is 0 Å². The van der Waals surface area contributed by atoms with E-state index >= 15 is 0 Å². The Kier molecular flexibility index (Phi) is 5.15. The summed E-state index contributed by atoms with van der Waals surface area (Å²) in [4.78, 5) is 0. The van der Waals surface area contributed by atoms with Crippen molar-refractivity contribution in [1.29, 1.82) is 0 Å². The third-order valence-corrected chi connectivity index (χ3v) is 3.63. The topological polar surface area (TPSA) is 169 Å². The van der Waals surface area contributed by atoms with Crippen LogP contribution in [0.4, 0.5) is 0 Å². The maximum Gasteiger partial charge on any atom is 0.219 e. The Morgan fingerprint density at radius 1 is 1.05 bits per heavy atom. The number of hydrogen-bond donors (Lipinski definition) is 7. The Hall–Kier alpha value is -0.400. The van der Waals surface area contributed by atoms with E-state index in [0.717, 1.165) is 0 Å². The van der Waals surface area contributed by atoms with E-state index in [2.05, 4.69) is 0 Å². The van der Waals surface area contributed by atoms with Gasteiger partial charge in [0.05, 0.1) is 19.8 Å². The van der Waals surface area contributed by atoms with Gasteiger partial charge in [-0.2, -0.15) is 0 Å². The first kappa shape index (κ1) is 17.0. The van der Waals surface area contributed by atoms with Crippen LogP contribution in [0, 0.1) is 0 Å². The van der Waals surface area contributed by atoms with Crippen LogP contribution < -0.4 is 0 Å². The van der Waals surface area contributed by atoms with E-state index in [-0.39, 0.29) is 13.2 Å². The van der Waals surface area contributed by atoms with Gasteiger partial charge < -0.3 is 50.0 Å². The van der Waals surface area contributed by atoms with E-state index in [0.29, 0.717) is 0 Å². The van der Waals surface area contributed by atoms with E-state index < -0.39 is 55.3 Å². The molecule has 0 amide bonds. The van der Waals surface area contributed by atoms with E-state index in [1.54, 1.807) is 0 Å². The molecule has 8 atom stereocenters. The summed E-state index contributed by atoms with van der Waals surface area (Å²) in [5.74, 6) is -2.30. The van der Waals surface area contributed by atoms with Crippen LogP contribution in [0.2, 0.25) is 0 Å². The van der Waals surface area contributed by atoms with Crippen LogP contribution in [0.15, 0.2) is 0 Å². The summed E-state index contributed by atoms with van der Waals surface area (Å²) in [5, 5.41) is 66.3. The second-order valence-electron chi connectivity index (χ2n) is 5.18. The highest BCUT2D eigenvalue weighted by atomic mass is 16.7. The first-order chi connectivity index (χ1) is 9.80. The van der Waals surface area contributed by atoms with E-state index in [1.807, 2.05) is 0 Å². The SMILES string of the molecule is OCC1(O)O[C@H](CO[C@@H]2OC[C@@H](O)[C@H](O)[C@H]2O)[C@@H](O)[C@H]1O. The van der Waals surface area contributed by atoms with E-state index in [4.69, 9.17) is 19.3 Å². The van der Waals surface area contributed by atoms with Gasteiger partial charge in [0, 0.05) is 0 Å². The molecule has 21 heavy (non-hydrogen) atoms. The van der Waals surface area contributed by atoms with Gasteiger partial charge in [0.1, 0.15) is 36.6 Å². The minimum absolute atomic E-state index is 0.250. The molecule has 2 aliphatic rings. The van der Waals surface area contributed by atoms with E-state index in [9.17, 15) is 30.6 Å². The highest BCUT2D eigenvalue weighted by Gasteiger charge is 2.53. The van der Waals surface area contributed by atoms with E-state index in [1.165, 1.54) is 0 Å². The van der Waals surface area contributed by atoms with Crippen LogP contribution >= 0.6 is 0 Å². The number of rotatable bonds is 4. The summed E-state index contributed by atoms with van der Waals surface area (Å²) in [6.07, 6.45) is -9.86. The average molecular weight is 312 g/mol. The quantitative estimate of drug-likeness (QED) is 0.267. The lowest BCUT2D eigenvalue weighted by Gasteiger charge is -2.35. The van der Waals surface area contributed by atoms with Crippen LogP contribution in [0.5, 0.6) is 0 Å². The van der Waals surface area contributed by atoms with Crippen molar-refractivity contribution in [1.82, 2.24) is 0 Å². The molecule has 2 fully saturated rings. The maximum absolute atomic E-state index is 9.69. The third-order valence-electron chi connectivity index (χ3n) is 3.63. The van der Waals surface area contributed by atoms with Crippen molar-refractivity contribution in [2.45, 2.75) is 48.7 Å². The van der Waals surface area contributed by atoms with Crippen molar-refractivity contribution < 1.29 is 50.0 Å². The first-order valence-electron chi connectivity index (χ1n) is 6.44. The molecule has 2 heterocycles. The lowest BCUT2D eigenvalue weighted by molar-refractivity contribution is -0.286. The Morgan fingerprint density at radius 2 is 1.71 bits per heavy atom. The maximum atomic E-state index is 9.69. The standard InChI is InChI=1S/C11H20O10/c12-3-11(18)9(17)7(15)5(21-11)2-20-10-8(16)6(14)4(13)1-19-10/h4-10,12-18H,1-3H2/t4-,5-,6+,7-,8-,9-,10+,11?/m1/s1. The zero-order valence-corrected chi connectivity index (χ0v) is 11.0. The molecule has 0 radical (unpaired) electrons. The van der Waals surface area contributed by atoms with Gasteiger partial charge in [-0.25, -0.2) is 0 Å². The van der Waals surface area contributed by atoms with Gasteiger partial charge in [0.25, 0.3) is 0 Å². The summed E-state index contributed by atoms with van der Waals surface area (Å²) >= 11 is 0. The summed E-state index contributed by atoms with van der Waals surface area (Å²) < 4.78 is 15.0.